The SMILES string of the molecule is CCCCCCC1(CCCCCC)c2cc(B(O)O)ccc2-c2ccc([Si](C)(C)C)cc21. The standard InChI is InChI=1S/C28H43BO2Si/c1-6-8-10-12-18-28(19-13-11-9-7-2)26-20-22(29(30)31)14-16-24(26)25-17-15-23(21-27(25)28)32(3,4)5/h14-17,20-21,30-31H,6-13,18-19H2,1-5H3. The molecule has 32 heavy (non-hydrogen) atoms. The molecule has 2 aromatic rings. The smallest absolute Gasteiger partial charge is 0.423 e. The van der Waals surface area contributed by atoms with Crippen molar-refractivity contribution in [2.45, 2.75) is 103 Å². The highest BCUT2D eigenvalue weighted by atomic mass is 28.3. The van der Waals surface area contributed by atoms with Gasteiger partial charge < -0.3 is 10.0 Å². The molecule has 0 bridgehead atoms. The minimum absolute atomic E-state index is 0.00723. The van der Waals surface area contributed by atoms with E-state index in [1.807, 2.05) is 6.07 Å². The van der Waals surface area contributed by atoms with Crippen molar-refractivity contribution in [2.75, 3.05) is 0 Å². The van der Waals surface area contributed by atoms with E-state index in [1.165, 1.54) is 78.8 Å². The zero-order chi connectivity index (χ0) is 23.4. The van der Waals surface area contributed by atoms with Gasteiger partial charge in [0.1, 0.15) is 0 Å². The fourth-order valence-electron chi connectivity index (χ4n) is 5.51. The van der Waals surface area contributed by atoms with Crippen LogP contribution in [0, 0.1) is 0 Å². The second-order valence-corrected chi connectivity index (χ2v) is 16.0. The predicted molar refractivity (Wildman–Crippen MR) is 143 cm³/mol. The fourth-order valence-corrected chi connectivity index (χ4v) is 6.67. The van der Waals surface area contributed by atoms with E-state index in [1.54, 1.807) is 0 Å². The van der Waals surface area contributed by atoms with Crippen molar-refractivity contribution < 1.29 is 10.0 Å². The molecule has 2 nitrogen and oxygen atoms in total. The lowest BCUT2D eigenvalue weighted by atomic mass is 9.68. The molecule has 2 N–H and O–H groups in total. The lowest BCUT2D eigenvalue weighted by Gasteiger charge is -2.34. The molecule has 174 valence electrons. The molecular weight excluding hydrogens is 407 g/mol. The lowest BCUT2D eigenvalue weighted by Crippen LogP contribution is -2.39. The third-order valence-corrected chi connectivity index (χ3v) is 9.51. The third-order valence-electron chi connectivity index (χ3n) is 7.46. The van der Waals surface area contributed by atoms with Crippen molar-refractivity contribution in [3.63, 3.8) is 0 Å². The van der Waals surface area contributed by atoms with Crippen molar-refractivity contribution in [3.8, 4) is 11.1 Å². The van der Waals surface area contributed by atoms with Gasteiger partial charge in [0, 0.05) is 5.41 Å². The molecule has 0 radical (unpaired) electrons. The maximum Gasteiger partial charge on any atom is 0.488 e. The highest BCUT2D eigenvalue weighted by molar-refractivity contribution is 6.88. The van der Waals surface area contributed by atoms with Crippen molar-refractivity contribution in [1.29, 1.82) is 0 Å². The number of hydrogen-bond acceptors (Lipinski definition) is 2. The summed E-state index contributed by atoms with van der Waals surface area (Å²) in [6, 6.07) is 13.4. The molecule has 0 saturated heterocycles. The molecule has 0 amide bonds. The molecule has 0 fully saturated rings. The van der Waals surface area contributed by atoms with E-state index in [0.717, 1.165) is 12.8 Å². The lowest BCUT2D eigenvalue weighted by molar-refractivity contribution is 0.400. The van der Waals surface area contributed by atoms with Gasteiger partial charge in [-0.1, -0.05) is 126 Å². The first-order valence-corrected chi connectivity index (χ1v) is 16.4. The van der Waals surface area contributed by atoms with Crippen LogP contribution < -0.4 is 10.6 Å². The Kier molecular flexibility index (Phi) is 8.46. The first-order chi connectivity index (χ1) is 15.2. The van der Waals surface area contributed by atoms with E-state index in [4.69, 9.17) is 0 Å². The molecule has 1 aliphatic rings. The summed E-state index contributed by atoms with van der Waals surface area (Å²) in [6.45, 7) is 11.8. The Morgan fingerprint density at radius 3 is 1.75 bits per heavy atom. The van der Waals surface area contributed by atoms with Crippen LogP contribution in [0.3, 0.4) is 0 Å². The zero-order valence-electron chi connectivity index (χ0n) is 21.0. The zero-order valence-corrected chi connectivity index (χ0v) is 22.0. The van der Waals surface area contributed by atoms with E-state index in [9.17, 15) is 10.0 Å². The molecule has 3 rings (SSSR count). The van der Waals surface area contributed by atoms with E-state index < -0.39 is 15.2 Å². The van der Waals surface area contributed by atoms with Gasteiger partial charge in [-0.15, -0.1) is 0 Å². The van der Waals surface area contributed by atoms with Crippen LogP contribution in [0.2, 0.25) is 19.6 Å². The van der Waals surface area contributed by atoms with Crippen LogP contribution in [0.15, 0.2) is 36.4 Å². The first-order valence-electron chi connectivity index (χ1n) is 12.9. The van der Waals surface area contributed by atoms with Gasteiger partial charge in [0.2, 0.25) is 0 Å². The van der Waals surface area contributed by atoms with Crippen molar-refractivity contribution in [3.05, 3.63) is 47.5 Å². The van der Waals surface area contributed by atoms with Crippen LogP contribution in [0.4, 0.5) is 0 Å². The first kappa shape index (κ1) is 25.3. The number of benzene rings is 2. The van der Waals surface area contributed by atoms with Gasteiger partial charge in [0.25, 0.3) is 0 Å². The normalized spacial score (nSPS) is 14.3. The molecule has 0 heterocycles. The monoisotopic (exact) mass is 450 g/mol. The molecule has 0 saturated carbocycles. The molecule has 0 aliphatic heterocycles. The number of fused-ring (bicyclic) bond motifs is 3. The second-order valence-electron chi connectivity index (χ2n) is 10.9. The summed E-state index contributed by atoms with van der Waals surface area (Å²) in [4.78, 5) is 0. The molecule has 4 heteroatoms. The molecular formula is C28H43BO2Si. The molecule has 2 aromatic carbocycles. The summed E-state index contributed by atoms with van der Waals surface area (Å²) in [7, 11) is -2.86. The Balaban J connectivity index is 2.15. The van der Waals surface area contributed by atoms with Crippen LogP contribution in [-0.4, -0.2) is 25.2 Å². The maximum absolute atomic E-state index is 9.95. The topological polar surface area (TPSA) is 40.5 Å². The summed E-state index contributed by atoms with van der Waals surface area (Å²) >= 11 is 0. The quantitative estimate of drug-likeness (QED) is 0.302. The average Bonchev–Trinajstić information content (AvgIpc) is 3.03. The fraction of sp³-hybridized carbons (Fsp3) is 0.571. The number of unbranched alkanes of at least 4 members (excludes halogenated alkanes) is 6. The van der Waals surface area contributed by atoms with Crippen LogP contribution in [0.5, 0.6) is 0 Å². The van der Waals surface area contributed by atoms with Crippen LogP contribution >= 0.6 is 0 Å². The van der Waals surface area contributed by atoms with E-state index in [2.05, 4.69) is 63.8 Å². The summed E-state index contributed by atoms with van der Waals surface area (Å²) in [6.07, 6.45) is 12.4. The van der Waals surface area contributed by atoms with Gasteiger partial charge in [0.15, 0.2) is 0 Å². The van der Waals surface area contributed by atoms with Gasteiger partial charge in [0.05, 0.1) is 8.07 Å². The van der Waals surface area contributed by atoms with Gasteiger partial charge >= 0.3 is 7.12 Å². The maximum atomic E-state index is 9.95. The van der Waals surface area contributed by atoms with Crippen LogP contribution in [-0.2, 0) is 5.41 Å². The highest BCUT2D eigenvalue weighted by Crippen LogP contribution is 2.53. The van der Waals surface area contributed by atoms with Crippen molar-refractivity contribution in [1.82, 2.24) is 0 Å². The van der Waals surface area contributed by atoms with Gasteiger partial charge in [-0.05, 0) is 40.6 Å². The summed E-state index contributed by atoms with van der Waals surface area (Å²) in [5.41, 5.74) is 6.12. The molecule has 0 aromatic heterocycles. The number of rotatable bonds is 12. The van der Waals surface area contributed by atoms with E-state index >= 15 is 0 Å². The van der Waals surface area contributed by atoms with Crippen molar-refractivity contribution in [2.24, 2.45) is 0 Å². The Morgan fingerprint density at radius 2 is 1.25 bits per heavy atom. The highest BCUT2D eigenvalue weighted by Gasteiger charge is 2.43. The largest absolute Gasteiger partial charge is 0.488 e. The Hall–Kier alpha value is -1.36. The predicted octanol–water partition coefficient (Wildman–Crippen LogP) is 6.12. The summed E-state index contributed by atoms with van der Waals surface area (Å²) in [5, 5.41) is 21.4. The minimum atomic E-state index is -1.44. The second kappa shape index (κ2) is 10.7. The molecule has 0 atom stereocenters. The minimum Gasteiger partial charge on any atom is -0.423 e. The van der Waals surface area contributed by atoms with Gasteiger partial charge in [-0.2, -0.15) is 0 Å². The van der Waals surface area contributed by atoms with Crippen LogP contribution in [0.25, 0.3) is 11.1 Å². The van der Waals surface area contributed by atoms with Gasteiger partial charge in [-0.3, -0.25) is 0 Å². The number of hydrogen-bond donors (Lipinski definition) is 2. The average molecular weight is 451 g/mol. The molecule has 1 aliphatic carbocycles. The Bertz CT molecular complexity index is 889. The third kappa shape index (κ3) is 5.24. The summed E-state index contributed by atoms with van der Waals surface area (Å²) < 4.78 is 0. The van der Waals surface area contributed by atoms with E-state index in [-0.39, 0.29) is 5.41 Å². The van der Waals surface area contributed by atoms with E-state index in [0.29, 0.717) is 5.46 Å². The van der Waals surface area contributed by atoms with Crippen molar-refractivity contribution >= 4 is 25.8 Å². The van der Waals surface area contributed by atoms with Crippen LogP contribution in [0.1, 0.15) is 89.2 Å². The molecule has 0 unspecified atom stereocenters. The van der Waals surface area contributed by atoms with Gasteiger partial charge in [-0.25, -0.2) is 0 Å². The molecule has 0 spiro atoms. The summed E-state index contributed by atoms with van der Waals surface area (Å²) in [5.74, 6) is 0. The Labute approximate surface area is 197 Å². The Morgan fingerprint density at radius 1 is 0.719 bits per heavy atom.